The summed E-state index contributed by atoms with van der Waals surface area (Å²) in [5, 5.41) is 0. The van der Waals surface area contributed by atoms with E-state index in [1.54, 1.807) is 26.4 Å². The number of carbonyl (C=O) groups is 2. The second-order valence-corrected chi connectivity index (χ2v) is 10.9. The van der Waals surface area contributed by atoms with Crippen LogP contribution in [-0.2, 0) is 16.1 Å². The number of fused-ring (bicyclic) bond motifs is 2. The van der Waals surface area contributed by atoms with Crippen molar-refractivity contribution in [3.8, 4) is 11.5 Å². The highest BCUT2D eigenvalue weighted by atomic mass is 19.1. The summed E-state index contributed by atoms with van der Waals surface area (Å²) in [6.07, 6.45) is 0.829. The molecule has 0 spiro atoms. The van der Waals surface area contributed by atoms with E-state index in [0.29, 0.717) is 37.7 Å². The first-order valence-corrected chi connectivity index (χ1v) is 13.0. The minimum atomic E-state index is -0.611. The molecule has 3 aliphatic heterocycles. The summed E-state index contributed by atoms with van der Waals surface area (Å²) in [5.41, 5.74) is 1.83. The number of nitrogens with zero attached hydrogens (tertiary/aromatic N) is 3. The van der Waals surface area contributed by atoms with Gasteiger partial charge in [0.1, 0.15) is 23.4 Å². The summed E-state index contributed by atoms with van der Waals surface area (Å²) >= 11 is 0. The van der Waals surface area contributed by atoms with Gasteiger partial charge in [0.05, 0.1) is 20.1 Å². The lowest BCUT2D eigenvalue weighted by Gasteiger charge is -2.51. The topological polar surface area (TPSA) is 62.3 Å². The van der Waals surface area contributed by atoms with Crippen molar-refractivity contribution in [1.29, 1.82) is 0 Å². The number of benzene rings is 2. The van der Waals surface area contributed by atoms with Crippen molar-refractivity contribution < 1.29 is 23.5 Å². The molecule has 0 radical (unpaired) electrons. The van der Waals surface area contributed by atoms with Gasteiger partial charge in [0.25, 0.3) is 0 Å². The van der Waals surface area contributed by atoms with E-state index in [1.165, 1.54) is 12.1 Å². The largest absolute Gasteiger partial charge is 0.497 e. The maximum absolute atomic E-state index is 14.4. The SMILES string of the molecule is COc1cc(CN2C[C@H](C)CN3C(=O)C4CN(C)CCC4C(c4ccc(F)cc4)C3C2=O)cc(OC)c1. The number of hydrogen-bond acceptors (Lipinski definition) is 5. The second kappa shape index (κ2) is 10.3. The van der Waals surface area contributed by atoms with Crippen LogP contribution >= 0.6 is 0 Å². The zero-order valence-electron chi connectivity index (χ0n) is 22.0. The van der Waals surface area contributed by atoms with Crippen molar-refractivity contribution in [1.82, 2.24) is 14.7 Å². The van der Waals surface area contributed by atoms with E-state index in [2.05, 4.69) is 11.8 Å². The summed E-state index contributed by atoms with van der Waals surface area (Å²) in [7, 11) is 5.26. The van der Waals surface area contributed by atoms with Gasteiger partial charge in [-0.05, 0) is 67.2 Å². The van der Waals surface area contributed by atoms with E-state index >= 15 is 0 Å². The number of carbonyl (C=O) groups excluding carboxylic acids is 2. The first kappa shape index (κ1) is 25.5. The number of methoxy groups -OCH3 is 2. The lowest BCUT2D eigenvalue weighted by atomic mass is 9.66. The van der Waals surface area contributed by atoms with Crippen LogP contribution in [0.1, 0.15) is 30.4 Å². The Morgan fingerprint density at radius 2 is 1.62 bits per heavy atom. The van der Waals surface area contributed by atoms with Crippen LogP contribution in [0, 0.1) is 23.6 Å². The summed E-state index contributed by atoms with van der Waals surface area (Å²) in [5.74, 6) is 0.841. The number of ether oxygens (including phenoxy) is 2. The molecule has 5 atom stereocenters. The molecular formula is C29H36FN3O4. The summed E-state index contributed by atoms with van der Waals surface area (Å²) in [6, 6.07) is 11.5. The molecule has 0 saturated carbocycles. The van der Waals surface area contributed by atoms with Crippen molar-refractivity contribution in [2.24, 2.45) is 17.8 Å². The lowest BCUT2D eigenvalue weighted by molar-refractivity contribution is -0.158. The second-order valence-electron chi connectivity index (χ2n) is 10.9. The van der Waals surface area contributed by atoms with Crippen LogP contribution in [0.2, 0.25) is 0 Å². The molecule has 3 aliphatic rings. The van der Waals surface area contributed by atoms with Crippen LogP contribution in [0.25, 0.3) is 0 Å². The van der Waals surface area contributed by atoms with Crippen LogP contribution in [0.15, 0.2) is 42.5 Å². The molecule has 2 aromatic carbocycles. The number of amides is 2. The Morgan fingerprint density at radius 1 is 0.946 bits per heavy atom. The predicted octanol–water partition coefficient (Wildman–Crippen LogP) is 3.38. The normalized spacial score (nSPS) is 28.4. The molecule has 0 aliphatic carbocycles. The average molecular weight is 510 g/mol. The molecule has 0 N–H and O–H groups in total. The van der Waals surface area contributed by atoms with Crippen molar-refractivity contribution in [2.75, 3.05) is 47.4 Å². The Labute approximate surface area is 218 Å². The van der Waals surface area contributed by atoms with Gasteiger partial charge < -0.3 is 24.2 Å². The van der Waals surface area contributed by atoms with Gasteiger partial charge in [0, 0.05) is 38.2 Å². The Bertz CT molecular complexity index is 1130. The van der Waals surface area contributed by atoms with Crippen molar-refractivity contribution >= 4 is 11.8 Å². The molecular weight excluding hydrogens is 473 g/mol. The van der Waals surface area contributed by atoms with Crippen LogP contribution in [-0.4, -0.2) is 80.0 Å². The number of hydrogen-bond donors (Lipinski definition) is 0. The first-order chi connectivity index (χ1) is 17.8. The maximum atomic E-state index is 14.4. The van der Waals surface area contributed by atoms with Crippen LogP contribution in [0.5, 0.6) is 11.5 Å². The fourth-order valence-corrected chi connectivity index (χ4v) is 6.57. The molecule has 3 heterocycles. The lowest BCUT2D eigenvalue weighted by Crippen LogP contribution is -2.63. The average Bonchev–Trinajstić information content (AvgIpc) is 3.01. The van der Waals surface area contributed by atoms with E-state index < -0.39 is 6.04 Å². The van der Waals surface area contributed by atoms with E-state index in [1.807, 2.05) is 35.0 Å². The third kappa shape index (κ3) is 4.91. The van der Waals surface area contributed by atoms with Gasteiger partial charge >= 0.3 is 0 Å². The van der Waals surface area contributed by atoms with Crippen molar-refractivity contribution in [3.05, 3.63) is 59.4 Å². The fraction of sp³-hybridized carbons (Fsp3) is 0.517. The molecule has 5 rings (SSSR count). The van der Waals surface area contributed by atoms with Crippen LogP contribution in [0.3, 0.4) is 0 Å². The highest BCUT2D eigenvalue weighted by molar-refractivity contribution is 5.92. The standard InChI is InChI=1S/C29H36FN3O4/c1-18-14-32(16-19-11-22(36-3)13-23(12-19)37-4)29(35)27-26(20-5-7-21(30)8-6-20)24-9-10-31(2)17-25(24)28(34)33(27)15-18/h5-8,11-13,18,24-27H,9-10,14-17H2,1-4H3/t18-,24?,25?,26?,27?/m0/s1. The zero-order valence-corrected chi connectivity index (χ0v) is 22.0. The summed E-state index contributed by atoms with van der Waals surface area (Å²) < 4.78 is 24.8. The molecule has 4 unspecified atom stereocenters. The molecule has 3 saturated heterocycles. The Kier molecular flexibility index (Phi) is 7.12. The van der Waals surface area contributed by atoms with Gasteiger partial charge in [-0.2, -0.15) is 0 Å². The smallest absolute Gasteiger partial charge is 0.246 e. The molecule has 0 aromatic heterocycles. The zero-order chi connectivity index (χ0) is 26.3. The van der Waals surface area contributed by atoms with Crippen molar-refractivity contribution in [3.63, 3.8) is 0 Å². The summed E-state index contributed by atoms with van der Waals surface area (Å²) in [6.45, 7) is 5.11. The molecule has 8 heteroatoms. The molecule has 2 amide bonds. The van der Waals surface area contributed by atoms with Gasteiger partial charge in [-0.15, -0.1) is 0 Å². The minimum absolute atomic E-state index is 0.0338. The highest BCUT2D eigenvalue weighted by Gasteiger charge is 2.54. The summed E-state index contributed by atoms with van der Waals surface area (Å²) in [4.78, 5) is 34.2. The van der Waals surface area contributed by atoms with Gasteiger partial charge in [0.15, 0.2) is 0 Å². The number of piperidine rings is 2. The monoisotopic (exact) mass is 509 g/mol. The molecule has 2 aromatic rings. The van der Waals surface area contributed by atoms with Crippen LogP contribution in [0.4, 0.5) is 4.39 Å². The Hall–Kier alpha value is -3.13. The number of rotatable bonds is 5. The third-order valence-electron chi connectivity index (χ3n) is 8.25. The molecule has 7 nitrogen and oxygen atoms in total. The van der Waals surface area contributed by atoms with E-state index in [0.717, 1.165) is 24.1 Å². The predicted molar refractivity (Wildman–Crippen MR) is 138 cm³/mol. The van der Waals surface area contributed by atoms with Crippen molar-refractivity contribution in [2.45, 2.75) is 31.8 Å². The molecule has 3 fully saturated rings. The Balaban J connectivity index is 1.55. The van der Waals surface area contributed by atoms with Gasteiger partial charge in [-0.1, -0.05) is 19.1 Å². The van der Waals surface area contributed by atoms with Gasteiger partial charge in [-0.3, -0.25) is 9.59 Å². The molecule has 198 valence electrons. The number of halogens is 1. The first-order valence-electron chi connectivity index (χ1n) is 13.0. The highest BCUT2D eigenvalue weighted by Crippen LogP contribution is 2.46. The van der Waals surface area contributed by atoms with Crippen LogP contribution < -0.4 is 9.47 Å². The minimum Gasteiger partial charge on any atom is -0.497 e. The van der Waals surface area contributed by atoms with E-state index in [4.69, 9.17) is 9.47 Å². The maximum Gasteiger partial charge on any atom is 0.246 e. The molecule has 37 heavy (non-hydrogen) atoms. The van der Waals surface area contributed by atoms with E-state index in [9.17, 15) is 14.0 Å². The fourth-order valence-electron chi connectivity index (χ4n) is 6.57. The number of likely N-dealkylation sites (tertiary alicyclic amines) is 1. The van der Waals surface area contributed by atoms with Gasteiger partial charge in [0.2, 0.25) is 11.8 Å². The van der Waals surface area contributed by atoms with Gasteiger partial charge in [-0.25, -0.2) is 4.39 Å². The quantitative estimate of drug-likeness (QED) is 0.619. The van der Waals surface area contributed by atoms with E-state index in [-0.39, 0.29) is 41.3 Å². The Morgan fingerprint density at radius 3 is 2.27 bits per heavy atom. The third-order valence-corrected chi connectivity index (χ3v) is 8.25. The molecule has 0 bridgehead atoms.